The monoisotopic (exact) mass is 322 g/mol. The topological polar surface area (TPSA) is 29.3 Å². The fraction of sp³-hybridized carbons (Fsp3) is 0.294. The molecule has 0 amide bonds. The van der Waals surface area contributed by atoms with Crippen molar-refractivity contribution in [3.8, 4) is 0 Å². The van der Waals surface area contributed by atoms with Crippen LogP contribution in [0.3, 0.4) is 0 Å². The highest BCUT2D eigenvalue weighted by molar-refractivity contribution is 6.30. The van der Waals surface area contributed by atoms with E-state index in [2.05, 4.69) is 23.1 Å². The first-order valence-electron chi connectivity index (χ1n) is 7.08. The van der Waals surface area contributed by atoms with Gasteiger partial charge in [0.25, 0.3) is 0 Å². The van der Waals surface area contributed by atoms with E-state index in [1.54, 1.807) is 0 Å². The Balaban J connectivity index is 2.04. The maximum Gasteiger partial charge on any atom is 0.0409 e. The molecule has 112 valence electrons. The van der Waals surface area contributed by atoms with E-state index in [0.717, 1.165) is 36.1 Å². The van der Waals surface area contributed by atoms with Crippen molar-refractivity contribution < 1.29 is 0 Å². The molecule has 0 spiro atoms. The average Bonchev–Trinajstić information content (AvgIpc) is 2.47. The quantitative estimate of drug-likeness (QED) is 0.821. The van der Waals surface area contributed by atoms with Gasteiger partial charge in [0, 0.05) is 29.7 Å². The first kappa shape index (κ1) is 16.3. The zero-order valence-electron chi connectivity index (χ0n) is 11.9. The van der Waals surface area contributed by atoms with Crippen molar-refractivity contribution in [2.75, 3.05) is 13.1 Å². The number of benzene rings is 2. The van der Waals surface area contributed by atoms with Crippen molar-refractivity contribution in [1.82, 2.24) is 4.90 Å². The molecule has 0 aliphatic carbocycles. The van der Waals surface area contributed by atoms with Crippen molar-refractivity contribution in [2.45, 2.75) is 19.5 Å². The van der Waals surface area contributed by atoms with Crippen LogP contribution in [0.2, 0.25) is 10.0 Å². The Morgan fingerprint density at radius 3 is 2.24 bits per heavy atom. The van der Waals surface area contributed by atoms with Gasteiger partial charge in [0.15, 0.2) is 0 Å². The Morgan fingerprint density at radius 2 is 1.57 bits per heavy atom. The summed E-state index contributed by atoms with van der Waals surface area (Å²) in [5.41, 5.74) is 8.11. The van der Waals surface area contributed by atoms with Gasteiger partial charge in [-0.2, -0.15) is 0 Å². The van der Waals surface area contributed by atoms with Gasteiger partial charge in [-0.1, -0.05) is 47.5 Å². The highest BCUT2D eigenvalue weighted by Crippen LogP contribution is 2.16. The van der Waals surface area contributed by atoms with Crippen molar-refractivity contribution in [2.24, 2.45) is 5.73 Å². The summed E-state index contributed by atoms with van der Waals surface area (Å²) in [4.78, 5) is 2.38. The summed E-state index contributed by atoms with van der Waals surface area (Å²) in [6, 6.07) is 16.0. The fourth-order valence-corrected chi connectivity index (χ4v) is 2.61. The van der Waals surface area contributed by atoms with Gasteiger partial charge in [-0.3, -0.25) is 4.90 Å². The lowest BCUT2D eigenvalue weighted by Gasteiger charge is -2.22. The molecule has 0 heterocycles. The van der Waals surface area contributed by atoms with Crippen LogP contribution in [0, 0.1) is 0 Å². The number of hydrogen-bond donors (Lipinski definition) is 1. The van der Waals surface area contributed by atoms with E-state index in [-0.39, 0.29) is 0 Å². The second-order valence-corrected chi connectivity index (χ2v) is 5.98. The Labute approximate surface area is 136 Å². The van der Waals surface area contributed by atoms with Crippen LogP contribution < -0.4 is 5.73 Å². The van der Waals surface area contributed by atoms with E-state index >= 15 is 0 Å². The molecule has 2 aromatic rings. The second-order valence-electron chi connectivity index (χ2n) is 5.11. The molecule has 4 heteroatoms. The summed E-state index contributed by atoms with van der Waals surface area (Å²) in [6.45, 7) is 3.41. The predicted molar refractivity (Wildman–Crippen MR) is 90.7 cm³/mol. The van der Waals surface area contributed by atoms with Crippen LogP contribution in [0.5, 0.6) is 0 Å². The van der Waals surface area contributed by atoms with Gasteiger partial charge in [0.1, 0.15) is 0 Å². The van der Waals surface area contributed by atoms with Crippen LogP contribution in [-0.4, -0.2) is 18.0 Å². The molecular formula is C17H20Cl2N2. The van der Waals surface area contributed by atoms with Gasteiger partial charge in [-0.25, -0.2) is 0 Å². The maximum absolute atomic E-state index is 6.06. The lowest BCUT2D eigenvalue weighted by atomic mass is 10.1. The number of rotatable bonds is 7. The van der Waals surface area contributed by atoms with E-state index in [1.165, 1.54) is 11.1 Å². The van der Waals surface area contributed by atoms with Crippen molar-refractivity contribution >= 4 is 23.2 Å². The molecule has 0 unspecified atom stereocenters. The third-order valence-electron chi connectivity index (χ3n) is 3.29. The smallest absolute Gasteiger partial charge is 0.0409 e. The van der Waals surface area contributed by atoms with Crippen molar-refractivity contribution in [1.29, 1.82) is 0 Å². The molecule has 21 heavy (non-hydrogen) atoms. The minimum Gasteiger partial charge on any atom is -0.330 e. The van der Waals surface area contributed by atoms with Crippen LogP contribution in [0.1, 0.15) is 17.5 Å². The van der Waals surface area contributed by atoms with E-state index in [9.17, 15) is 0 Å². The molecule has 0 fully saturated rings. The van der Waals surface area contributed by atoms with Gasteiger partial charge >= 0.3 is 0 Å². The van der Waals surface area contributed by atoms with Crippen molar-refractivity contribution in [3.63, 3.8) is 0 Å². The van der Waals surface area contributed by atoms with E-state index in [4.69, 9.17) is 28.9 Å². The van der Waals surface area contributed by atoms with Crippen LogP contribution in [0.25, 0.3) is 0 Å². The fourth-order valence-electron chi connectivity index (χ4n) is 2.27. The lowest BCUT2D eigenvalue weighted by Crippen LogP contribution is -2.25. The molecule has 0 bridgehead atoms. The molecular weight excluding hydrogens is 303 g/mol. The third-order valence-corrected chi connectivity index (χ3v) is 3.78. The van der Waals surface area contributed by atoms with Gasteiger partial charge in [0.05, 0.1) is 0 Å². The molecule has 0 aromatic heterocycles. The van der Waals surface area contributed by atoms with E-state index < -0.39 is 0 Å². The van der Waals surface area contributed by atoms with Crippen LogP contribution in [0.15, 0.2) is 48.5 Å². The average molecular weight is 323 g/mol. The number of nitrogens with two attached hydrogens (primary N) is 1. The highest BCUT2D eigenvalue weighted by atomic mass is 35.5. The Kier molecular flexibility index (Phi) is 6.52. The SMILES string of the molecule is NCCCN(Cc1ccc(Cl)cc1)Cc1cccc(Cl)c1. The summed E-state index contributed by atoms with van der Waals surface area (Å²) >= 11 is 12.0. The Bertz CT molecular complexity index is 555. The van der Waals surface area contributed by atoms with Gasteiger partial charge in [-0.15, -0.1) is 0 Å². The molecule has 2 N–H and O–H groups in total. The molecule has 2 aromatic carbocycles. The summed E-state index contributed by atoms with van der Waals surface area (Å²) < 4.78 is 0. The predicted octanol–water partition coefficient (Wildman–Crippen LogP) is 4.34. The molecule has 0 aliphatic rings. The summed E-state index contributed by atoms with van der Waals surface area (Å²) in [6.07, 6.45) is 0.980. The van der Waals surface area contributed by atoms with E-state index in [1.807, 2.05) is 30.3 Å². The lowest BCUT2D eigenvalue weighted by molar-refractivity contribution is 0.255. The standard InChI is InChI=1S/C17H20Cl2N2/c18-16-7-5-14(6-8-16)12-21(10-2-9-20)13-15-3-1-4-17(19)11-15/h1,3-8,11H,2,9-10,12-13,20H2. The minimum atomic E-state index is 0.701. The van der Waals surface area contributed by atoms with Crippen molar-refractivity contribution in [3.05, 3.63) is 69.7 Å². The van der Waals surface area contributed by atoms with Crippen LogP contribution in [-0.2, 0) is 13.1 Å². The molecule has 0 saturated carbocycles. The number of halogens is 2. The van der Waals surface area contributed by atoms with Crippen LogP contribution >= 0.6 is 23.2 Å². The van der Waals surface area contributed by atoms with Crippen LogP contribution in [0.4, 0.5) is 0 Å². The van der Waals surface area contributed by atoms with Gasteiger partial charge < -0.3 is 5.73 Å². The molecule has 0 saturated heterocycles. The summed E-state index contributed by atoms with van der Waals surface area (Å²) in [5, 5.41) is 1.54. The molecule has 0 atom stereocenters. The largest absolute Gasteiger partial charge is 0.330 e. The summed E-state index contributed by atoms with van der Waals surface area (Å²) in [7, 11) is 0. The molecule has 2 nitrogen and oxygen atoms in total. The first-order chi connectivity index (χ1) is 10.2. The minimum absolute atomic E-state index is 0.701. The third kappa shape index (κ3) is 5.68. The summed E-state index contributed by atoms with van der Waals surface area (Å²) in [5.74, 6) is 0. The Morgan fingerprint density at radius 1 is 0.857 bits per heavy atom. The molecule has 0 radical (unpaired) electrons. The second kappa shape index (κ2) is 8.40. The van der Waals surface area contributed by atoms with E-state index in [0.29, 0.717) is 6.54 Å². The number of hydrogen-bond acceptors (Lipinski definition) is 2. The van der Waals surface area contributed by atoms with Gasteiger partial charge in [-0.05, 0) is 48.4 Å². The maximum atomic E-state index is 6.06. The number of nitrogens with zero attached hydrogens (tertiary/aromatic N) is 1. The normalized spacial score (nSPS) is 11.0. The zero-order valence-corrected chi connectivity index (χ0v) is 13.4. The first-order valence-corrected chi connectivity index (χ1v) is 7.84. The highest BCUT2D eigenvalue weighted by Gasteiger charge is 2.07. The molecule has 0 aliphatic heterocycles. The Hall–Kier alpha value is -1.06. The van der Waals surface area contributed by atoms with Gasteiger partial charge in [0.2, 0.25) is 0 Å². The zero-order chi connectivity index (χ0) is 15.1. The molecule has 2 rings (SSSR count).